The molecule has 18 heteroatoms. The molecule has 3 heterocycles. The van der Waals surface area contributed by atoms with E-state index in [1.165, 1.54) is 21.0 Å². The zero-order chi connectivity index (χ0) is 46.5. The van der Waals surface area contributed by atoms with E-state index in [2.05, 4.69) is 17.9 Å². The number of thiol groups is 1. The summed E-state index contributed by atoms with van der Waals surface area (Å²) in [4.78, 5) is 43.9. The summed E-state index contributed by atoms with van der Waals surface area (Å²) in [7, 11) is 6.99. The summed E-state index contributed by atoms with van der Waals surface area (Å²) in [6.45, 7) is 19.0. The van der Waals surface area contributed by atoms with Crippen LogP contribution in [0.3, 0.4) is 0 Å². The first-order valence-corrected chi connectivity index (χ1v) is 22.4. The number of nitrogens with zero attached hydrogens (tertiary/aromatic N) is 2. The Morgan fingerprint density at radius 3 is 2.16 bits per heavy atom. The average molecular weight is 894 g/mol. The van der Waals surface area contributed by atoms with Gasteiger partial charge >= 0.3 is 11.9 Å². The van der Waals surface area contributed by atoms with Crippen molar-refractivity contribution < 1.29 is 68.0 Å². The van der Waals surface area contributed by atoms with E-state index < -0.39 is 120 Å². The Labute approximate surface area is 369 Å². The fourth-order valence-corrected chi connectivity index (χ4v) is 9.73. The molecule has 0 spiro atoms. The molecule has 17 nitrogen and oxygen atoms in total. The number of rotatable bonds is 11. The van der Waals surface area contributed by atoms with Crippen LogP contribution >= 0.6 is 12.6 Å². The van der Waals surface area contributed by atoms with Crippen molar-refractivity contribution in [2.75, 3.05) is 40.6 Å². The number of hydrogen-bond acceptors (Lipinski definition) is 17. The molecular formula is C43H79N3O14S. The third kappa shape index (κ3) is 13.0. The molecule has 0 aromatic heterocycles. The van der Waals surface area contributed by atoms with Crippen molar-refractivity contribution in [3.63, 3.8) is 0 Å². The van der Waals surface area contributed by atoms with Gasteiger partial charge in [0.2, 0.25) is 5.91 Å². The highest BCUT2D eigenvalue weighted by molar-refractivity contribution is 7.80. The standard InChI is InChI=1S/C43H79N3O14S/c1-16-31-43(11,53)35(48)26(6)46(14)20-22(2)18-41(9,52)37(24(4)33(25(5)38(50)57-31)58-32-19-42(10,54-15)36(49)27(7)56-32)60-40-34(30(45(12)13)17-23(3)55-40)59-39(51)29(21-61)44-28(8)47/h22-27,29-37,40,48-49,52-53,61H,16-21H2,1-15H3,(H,44,47)/t22-,23-,24+,25-,26-,27+,29+,30+,31-,32+,33+,34-,35-,36+,37-,40+,41-,42-,43-/m1/s1. The van der Waals surface area contributed by atoms with Crippen LogP contribution in [0, 0.1) is 17.8 Å². The maximum absolute atomic E-state index is 14.4. The Morgan fingerprint density at radius 2 is 1.62 bits per heavy atom. The summed E-state index contributed by atoms with van der Waals surface area (Å²) >= 11 is 4.28. The number of methoxy groups -OCH3 is 1. The number of ether oxygens (including phenoxy) is 7. The van der Waals surface area contributed by atoms with Gasteiger partial charge in [0.05, 0.1) is 47.6 Å². The summed E-state index contributed by atoms with van der Waals surface area (Å²) < 4.78 is 44.4. The molecule has 356 valence electrons. The van der Waals surface area contributed by atoms with Crippen LogP contribution in [0.5, 0.6) is 0 Å². The van der Waals surface area contributed by atoms with Crippen LogP contribution < -0.4 is 5.32 Å². The Balaban J connectivity index is 2.25. The largest absolute Gasteiger partial charge is 0.459 e. The molecule has 61 heavy (non-hydrogen) atoms. The number of esters is 2. The third-order valence-electron chi connectivity index (χ3n) is 13.3. The monoisotopic (exact) mass is 894 g/mol. The van der Waals surface area contributed by atoms with E-state index in [0.717, 1.165) is 0 Å². The molecule has 0 bridgehead atoms. The van der Waals surface area contributed by atoms with Gasteiger partial charge in [-0.15, -0.1) is 0 Å². The van der Waals surface area contributed by atoms with Gasteiger partial charge in [0.15, 0.2) is 18.7 Å². The molecule has 3 aliphatic heterocycles. The zero-order valence-corrected chi connectivity index (χ0v) is 40.1. The lowest BCUT2D eigenvalue weighted by atomic mass is 9.77. The normalized spacial score (nSPS) is 44.3. The maximum Gasteiger partial charge on any atom is 0.330 e. The van der Waals surface area contributed by atoms with Crippen LogP contribution in [-0.2, 0) is 47.5 Å². The number of hydrogen-bond donors (Lipinski definition) is 6. The summed E-state index contributed by atoms with van der Waals surface area (Å²) in [5.74, 6) is -4.13. The minimum atomic E-state index is -1.85. The van der Waals surface area contributed by atoms with E-state index in [-0.39, 0.29) is 37.0 Å². The lowest BCUT2D eigenvalue weighted by Crippen LogP contribution is -2.61. The molecule has 19 atom stereocenters. The lowest BCUT2D eigenvalue weighted by molar-refractivity contribution is -0.319. The Kier molecular flexibility index (Phi) is 19.4. The third-order valence-corrected chi connectivity index (χ3v) is 13.6. The van der Waals surface area contributed by atoms with Crippen LogP contribution in [-0.4, -0.2) is 185 Å². The number of aliphatic hydroxyl groups is 4. The predicted octanol–water partition coefficient (Wildman–Crippen LogP) is 1.89. The summed E-state index contributed by atoms with van der Waals surface area (Å²) in [6, 6.07) is -2.08. The van der Waals surface area contributed by atoms with Gasteiger partial charge in [-0.05, 0) is 94.8 Å². The second kappa shape index (κ2) is 22.0. The van der Waals surface area contributed by atoms with Crippen molar-refractivity contribution in [2.45, 2.75) is 198 Å². The predicted molar refractivity (Wildman–Crippen MR) is 230 cm³/mol. The summed E-state index contributed by atoms with van der Waals surface area (Å²) in [5.41, 5.74) is -4.61. The van der Waals surface area contributed by atoms with E-state index in [9.17, 15) is 34.8 Å². The molecule has 0 aromatic rings. The number of nitrogens with one attached hydrogen (secondary N) is 1. The highest BCUT2D eigenvalue weighted by Gasteiger charge is 2.53. The average Bonchev–Trinajstić information content (AvgIpc) is 3.17. The molecule has 1 amide bonds. The number of cyclic esters (lactones) is 1. The fourth-order valence-electron chi connectivity index (χ4n) is 9.49. The van der Waals surface area contributed by atoms with Crippen LogP contribution in [0.15, 0.2) is 0 Å². The highest BCUT2D eigenvalue weighted by Crippen LogP contribution is 2.40. The van der Waals surface area contributed by atoms with E-state index in [4.69, 9.17) is 33.2 Å². The number of aliphatic hydroxyl groups excluding tert-OH is 2. The zero-order valence-electron chi connectivity index (χ0n) is 39.2. The van der Waals surface area contributed by atoms with Gasteiger partial charge in [0, 0.05) is 44.7 Å². The van der Waals surface area contributed by atoms with Crippen LogP contribution in [0.2, 0.25) is 0 Å². The Bertz CT molecular complexity index is 1440. The van der Waals surface area contributed by atoms with Crippen molar-refractivity contribution in [1.29, 1.82) is 0 Å². The van der Waals surface area contributed by atoms with Crippen molar-refractivity contribution in [3.05, 3.63) is 0 Å². The quantitative estimate of drug-likeness (QED) is 0.129. The SMILES string of the molecule is CC[C@H]1OC(=O)[C@H](C)[C@@H](O[C@H]2C[C@@](C)(OC)[C@@H](O)[C@H](C)O2)[C@H](C)[C@@H](O[C@@H]2O[C@H](C)C[C@H](N(C)C)[C@H]2OC(=O)[C@H](CS)NC(C)=O)[C@](C)(O)C[C@@H](C)CN(C)[C@H](C)[C@@H](O)[C@]1(C)O. The number of carbonyl (C=O) groups is 3. The van der Waals surface area contributed by atoms with E-state index >= 15 is 0 Å². The topological polar surface area (TPSA) is 215 Å². The van der Waals surface area contributed by atoms with Crippen LogP contribution in [0.25, 0.3) is 0 Å². The second-order valence-electron chi connectivity index (χ2n) is 19.0. The minimum Gasteiger partial charge on any atom is -0.459 e. The van der Waals surface area contributed by atoms with Gasteiger partial charge in [0.1, 0.15) is 30.0 Å². The van der Waals surface area contributed by atoms with Crippen molar-refractivity contribution >= 4 is 30.5 Å². The fraction of sp³-hybridized carbons (Fsp3) is 0.930. The van der Waals surface area contributed by atoms with Gasteiger partial charge in [-0.2, -0.15) is 12.6 Å². The molecule has 0 radical (unpaired) electrons. The number of amides is 1. The van der Waals surface area contributed by atoms with E-state index in [1.54, 1.807) is 48.5 Å². The Morgan fingerprint density at radius 1 is 1.00 bits per heavy atom. The number of carbonyl (C=O) groups excluding carboxylic acids is 3. The van der Waals surface area contributed by atoms with Gasteiger partial charge < -0.3 is 68.7 Å². The van der Waals surface area contributed by atoms with Crippen LogP contribution in [0.1, 0.15) is 102 Å². The van der Waals surface area contributed by atoms with Gasteiger partial charge in [-0.3, -0.25) is 9.59 Å². The van der Waals surface area contributed by atoms with Crippen molar-refractivity contribution in [1.82, 2.24) is 15.1 Å². The van der Waals surface area contributed by atoms with Crippen molar-refractivity contribution in [3.8, 4) is 0 Å². The molecular weight excluding hydrogens is 815 g/mol. The first kappa shape index (κ1) is 53.7. The first-order chi connectivity index (χ1) is 28.1. The van der Waals surface area contributed by atoms with Gasteiger partial charge in [-0.1, -0.05) is 20.8 Å². The molecule has 0 aliphatic carbocycles. The smallest absolute Gasteiger partial charge is 0.330 e. The van der Waals surface area contributed by atoms with Gasteiger partial charge in [-0.25, -0.2) is 4.79 Å². The highest BCUT2D eigenvalue weighted by atomic mass is 32.1. The molecule has 0 saturated carbocycles. The molecule has 5 N–H and O–H groups in total. The number of likely N-dealkylation sites (N-methyl/N-ethyl adjacent to an activating group) is 2. The first-order valence-electron chi connectivity index (χ1n) is 21.8. The molecule has 3 saturated heterocycles. The molecule has 3 rings (SSSR count). The summed E-state index contributed by atoms with van der Waals surface area (Å²) in [5, 5.41) is 49.9. The van der Waals surface area contributed by atoms with E-state index in [1.807, 2.05) is 44.8 Å². The molecule has 3 fully saturated rings. The molecule has 3 aliphatic rings. The van der Waals surface area contributed by atoms with Crippen molar-refractivity contribution in [2.24, 2.45) is 17.8 Å². The Hall–Kier alpha value is -1.68. The minimum absolute atomic E-state index is 0.0285. The lowest BCUT2D eigenvalue weighted by Gasteiger charge is -2.49. The second-order valence-corrected chi connectivity index (χ2v) is 19.4. The van der Waals surface area contributed by atoms with E-state index in [0.29, 0.717) is 13.0 Å². The molecule has 0 unspecified atom stereocenters. The van der Waals surface area contributed by atoms with Gasteiger partial charge in [0.25, 0.3) is 0 Å². The van der Waals surface area contributed by atoms with Crippen LogP contribution in [0.4, 0.5) is 0 Å². The molecule has 0 aromatic carbocycles. The maximum atomic E-state index is 14.4. The summed E-state index contributed by atoms with van der Waals surface area (Å²) in [6.07, 6.45) is -9.32.